The van der Waals surface area contributed by atoms with Gasteiger partial charge in [-0.05, 0) is 129 Å². The number of pyridine rings is 1. The number of nitrogens with one attached hydrogen (secondary N) is 3. The number of benzene rings is 5. The molecule has 1 aliphatic rings. The van der Waals surface area contributed by atoms with E-state index in [4.69, 9.17) is 4.74 Å². The lowest BCUT2D eigenvalue weighted by Crippen LogP contribution is -2.48. The van der Waals surface area contributed by atoms with Crippen LogP contribution in [-0.2, 0) is 38.3 Å². The van der Waals surface area contributed by atoms with Crippen LogP contribution in [0.5, 0.6) is 0 Å². The van der Waals surface area contributed by atoms with Gasteiger partial charge in [0.15, 0.2) is 5.78 Å². The predicted molar refractivity (Wildman–Crippen MR) is 272 cm³/mol. The molecule has 2 heterocycles. The molecule has 6 aromatic rings. The molecule has 1 aromatic heterocycles. The van der Waals surface area contributed by atoms with Crippen LogP contribution >= 0.6 is 23.5 Å². The number of halogens is 1. The van der Waals surface area contributed by atoms with Crippen LogP contribution in [0.4, 0.5) is 10.1 Å². The number of Topliss-reactive ketones (excluding diaryl/α,β-unsaturated/α-hetero) is 1. The Kier molecular flexibility index (Phi) is 17.1. The molecule has 1 fully saturated rings. The van der Waals surface area contributed by atoms with Gasteiger partial charge in [-0.15, -0.1) is 11.8 Å². The minimum absolute atomic E-state index is 0.0473. The number of carbonyl (C=O) groups is 3. The topological polar surface area (TPSA) is 109 Å². The van der Waals surface area contributed by atoms with E-state index in [1.165, 1.54) is 28.8 Å². The summed E-state index contributed by atoms with van der Waals surface area (Å²) in [5, 5.41) is 10.4. The van der Waals surface area contributed by atoms with Crippen LogP contribution in [0.2, 0.25) is 0 Å². The van der Waals surface area contributed by atoms with E-state index in [1.807, 2.05) is 81.3 Å². The number of anilines is 1. The monoisotopic (exact) mass is 936 g/mol. The zero-order valence-electron chi connectivity index (χ0n) is 38.8. The average Bonchev–Trinajstić information content (AvgIpc) is 3.81. The Labute approximate surface area is 403 Å². The van der Waals surface area contributed by atoms with Gasteiger partial charge in [-0.25, -0.2) is 9.18 Å². The Hall–Kier alpha value is -5.75. The van der Waals surface area contributed by atoms with Crippen molar-refractivity contribution in [1.29, 1.82) is 0 Å². The van der Waals surface area contributed by atoms with Crippen molar-refractivity contribution in [2.24, 2.45) is 0 Å². The number of aromatic nitrogens is 1. The minimum Gasteiger partial charge on any atom is -0.458 e. The zero-order valence-corrected chi connectivity index (χ0v) is 40.4. The first-order chi connectivity index (χ1) is 32.4. The first kappa shape index (κ1) is 49.2. The van der Waals surface area contributed by atoms with Crippen LogP contribution in [0.25, 0.3) is 0 Å². The molecule has 1 aliphatic heterocycles. The summed E-state index contributed by atoms with van der Waals surface area (Å²) in [5.74, 6) is -0.445. The molecule has 1 amide bonds. The predicted octanol–water partition coefficient (Wildman–Crippen LogP) is 10.6. The van der Waals surface area contributed by atoms with Gasteiger partial charge in [-0.2, -0.15) is 11.8 Å². The van der Waals surface area contributed by atoms with Crippen LogP contribution in [-0.4, -0.2) is 70.2 Å². The number of ether oxygens (including phenoxy) is 1. The standard InChI is InChI=1S/C56H61FN4O4S2/c1-55(2,3)65-54(64)52(50-36-47(38-59-50)67-56(42-16-8-5-9-17-42,43-18-10-6-11-19-43)44-20-12-7-13-21-44)60-46-30-27-41(26-22-39-23-28-45(57)29-24-39)48(35-46)53(63)61-49(32-34-66-4)51(62)31-25-40-15-14-33-58-37-40/h5-21,23-24,27-30,33,35,37,47,49-50,52,59-60H,22,25-26,31-32,34,36,38H2,1-4H3,(H,61,63)/t47?,49-,50?,52?/m0/s1. The van der Waals surface area contributed by atoms with Crippen LogP contribution in [0.15, 0.2) is 158 Å². The van der Waals surface area contributed by atoms with Crippen molar-refractivity contribution < 1.29 is 23.5 Å². The summed E-state index contributed by atoms with van der Waals surface area (Å²) in [4.78, 5) is 46.9. The average molecular weight is 937 g/mol. The van der Waals surface area contributed by atoms with Crippen molar-refractivity contribution in [2.45, 2.75) is 93.0 Å². The maximum Gasteiger partial charge on any atom is 0.330 e. The first-order valence-corrected chi connectivity index (χ1v) is 25.3. The number of thioether (sulfide) groups is 2. The molecule has 0 radical (unpaired) electrons. The first-order valence-electron chi connectivity index (χ1n) is 23.1. The third kappa shape index (κ3) is 13.2. The highest BCUT2D eigenvalue weighted by Crippen LogP contribution is 2.51. The van der Waals surface area contributed by atoms with Crippen molar-refractivity contribution >= 4 is 46.9 Å². The van der Waals surface area contributed by atoms with E-state index in [0.717, 1.165) is 16.7 Å². The van der Waals surface area contributed by atoms with E-state index in [-0.39, 0.29) is 35.2 Å². The van der Waals surface area contributed by atoms with Gasteiger partial charge in [0, 0.05) is 47.9 Å². The smallest absolute Gasteiger partial charge is 0.330 e. The van der Waals surface area contributed by atoms with Gasteiger partial charge in [0.25, 0.3) is 5.91 Å². The lowest BCUT2D eigenvalue weighted by Gasteiger charge is -2.37. The summed E-state index contributed by atoms with van der Waals surface area (Å²) in [6.07, 6.45) is 8.41. The van der Waals surface area contributed by atoms with Crippen molar-refractivity contribution in [1.82, 2.24) is 15.6 Å². The van der Waals surface area contributed by atoms with E-state index < -0.39 is 28.4 Å². The van der Waals surface area contributed by atoms with Crippen LogP contribution < -0.4 is 16.0 Å². The third-order valence-corrected chi connectivity index (χ3v) is 14.4. The Balaban J connectivity index is 1.18. The van der Waals surface area contributed by atoms with Crippen LogP contribution in [0, 0.1) is 5.82 Å². The van der Waals surface area contributed by atoms with Gasteiger partial charge in [0.2, 0.25) is 0 Å². The summed E-state index contributed by atoms with van der Waals surface area (Å²) in [7, 11) is 0. The molecule has 3 unspecified atom stereocenters. The number of esters is 1. The summed E-state index contributed by atoms with van der Waals surface area (Å²) in [6, 6.07) is 45.7. The molecule has 5 aromatic carbocycles. The largest absolute Gasteiger partial charge is 0.458 e. The third-order valence-electron chi connectivity index (χ3n) is 12.0. The highest BCUT2D eigenvalue weighted by atomic mass is 32.2. The Morgan fingerprint density at radius 2 is 1.43 bits per heavy atom. The number of hydrogen-bond acceptors (Lipinski definition) is 9. The Morgan fingerprint density at radius 1 is 0.791 bits per heavy atom. The minimum atomic E-state index is -0.811. The lowest BCUT2D eigenvalue weighted by molar-refractivity contribution is -0.156. The number of nitrogens with zero attached hydrogens (tertiary/aromatic N) is 1. The molecular formula is C56H61FN4O4S2. The molecule has 8 nitrogen and oxygen atoms in total. The van der Waals surface area contributed by atoms with E-state index in [9.17, 15) is 18.8 Å². The van der Waals surface area contributed by atoms with E-state index in [1.54, 1.807) is 42.4 Å². The molecule has 11 heteroatoms. The maximum absolute atomic E-state index is 14.6. The highest BCUT2D eigenvalue weighted by Gasteiger charge is 2.44. The van der Waals surface area contributed by atoms with Crippen molar-refractivity contribution in [3.63, 3.8) is 0 Å². The van der Waals surface area contributed by atoms with Gasteiger partial charge in [0.05, 0.1) is 10.8 Å². The lowest BCUT2D eigenvalue weighted by atomic mass is 9.84. The molecule has 0 spiro atoms. The number of rotatable bonds is 21. The summed E-state index contributed by atoms with van der Waals surface area (Å²) in [6.45, 7) is 6.23. The second-order valence-corrected chi connectivity index (χ2v) is 20.6. The van der Waals surface area contributed by atoms with Crippen molar-refractivity contribution in [2.75, 3.05) is 23.9 Å². The highest BCUT2D eigenvalue weighted by molar-refractivity contribution is 8.01. The molecule has 67 heavy (non-hydrogen) atoms. The van der Waals surface area contributed by atoms with E-state index in [2.05, 4.69) is 93.7 Å². The summed E-state index contributed by atoms with van der Waals surface area (Å²) < 4.78 is 19.4. The quantitative estimate of drug-likeness (QED) is 0.0480. The number of aryl methyl sites for hydroxylation is 3. The van der Waals surface area contributed by atoms with Crippen molar-refractivity contribution in [3.05, 3.63) is 203 Å². The molecule has 1 saturated heterocycles. The van der Waals surface area contributed by atoms with Crippen molar-refractivity contribution in [3.8, 4) is 0 Å². The summed E-state index contributed by atoms with van der Waals surface area (Å²) >= 11 is 3.51. The van der Waals surface area contributed by atoms with E-state index in [0.29, 0.717) is 55.7 Å². The molecule has 3 N–H and O–H groups in total. The zero-order chi connectivity index (χ0) is 47.2. The molecular weight excluding hydrogens is 876 g/mol. The second kappa shape index (κ2) is 23.3. The van der Waals surface area contributed by atoms with Crippen LogP contribution in [0.1, 0.15) is 83.8 Å². The van der Waals surface area contributed by atoms with Gasteiger partial charge in [-0.3, -0.25) is 14.6 Å². The maximum atomic E-state index is 14.6. The Bertz CT molecular complexity index is 2430. The molecule has 4 atom stereocenters. The molecule has 7 rings (SSSR count). The number of hydrogen-bond donors (Lipinski definition) is 3. The number of carbonyl (C=O) groups excluding carboxylic acids is 3. The normalized spacial score (nSPS) is 15.9. The molecule has 348 valence electrons. The molecule has 0 bridgehead atoms. The molecule has 0 aliphatic carbocycles. The van der Waals surface area contributed by atoms with Gasteiger partial charge < -0.3 is 20.7 Å². The Morgan fingerprint density at radius 3 is 2.01 bits per heavy atom. The van der Waals surface area contributed by atoms with Gasteiger partial charge in [-0.1, -0.05) is 115 Å². The van der Waals surface area contributed by atoms with E-state index >= 15 is 0 Å². The fraction of sp³-hybridized carbons (Fsp3) is 0.321. The summed E-state index contributed by atoms with van der Waals surface area (Å²) in [5.41, 5.74) is 6.36. The van der Waals surface area contributed by atoms with Gasteiger partial charge >= 0.3 is 5.97 Å². The SMILES string of the molecule is CSCC[C@H](NC(=O)c1cc(NC(C(=O)OC(C)(C)C)C2CC(SC(c3ccccc3)(c3ccccc3)c3ccccc3)CN2)ccc1CCc1ccc(F)cc1)C(=O)CCc1cccnc1. The van der Waals surface area contributed by atoms with Crippen LogP contribution in [0.3, 0.4) is 0 Å². The molecule has 0 saturated carbocycles. The number of amides is 1. The number of ketones is 1. The van der Waals surface area contributed by atoms with Gasteiger partial charge in [0.1, 0.15) is 17.5 Å². The second-order valence-electron chi connectivity index (χ2n) is 18.1. The fourth-order valence-electron chi connectivity index (χ4n) is 8.72. The fourth-order valence-corrected chi connectivity index (χ4v) is 11.0.